The number of halogens is 2. The second kappa shape index (κ2) is 4.26. The van der Waals surface area contributed by atoms with Gasteiger partial charge in [-0.2, -0.15) is 0 Å². The highest BCUT2D eigenvalue weighted by Crippen LogP contribution is 2.39. The molecule has 1 fully saturated rings. The number of rotatable bonds is 2. The summed E-state index contributed by atoms with van der Waals surface area (Å²) in [7, 11) is 0. The first-order valence-corrected chi connectivity index (χ1v) is 6.15. The molecule has 2 aromatic rings. The van der Waals surface area contributed by atoms with Crippen molar-refractivity contribution in [3.63, 3.8) is 0 Å². The van der Waals surface area contributed by atoms with Crippen LogP contribution in [0.4, 0.5) is 14.6 Å². The van der Waals surface area contributed by atoms with Crippen molar-refractivity contribution in [3.05, 3.63) is 41.2 Å². The molecule has 1 aromatic heterocycles. The van der Waals surface area contributed by atoms with E-state index >= 15 is 0 Å². The number of anilines is 1. The van der Waals surface area contributed by atoms with E-state index in [4.69, 9.17) is 5.73 Å². The third-order valence-electron chi connectivity index (χ3n) is 3.26. The maximum absolute atomic E-state index is 14.0. The Kier molecular flexibility index (Phi) is 2.69. The van der Waals surface area contributed by atoms with Gasteiger partial charge < -0.3 is 5.73 Å². The van der Waals surface area contributed by atoms with Crippen molar-refractivity contribution in [1.82, 2.24) is 9.97 Å². The summed E-state index contributed by atoms with van der Waals surface area (Å²) in [6.45, 7) is 1.52. The fourth-order valence-electron chi connectivity index (χ4n) is 1.99. The Balaban J connectivity index is 2.13. The number of nitrogen functional groups attached to an aromatic ring is 1. The van der Waals surface area contributed by atoms with Gasteiger partial charge in [-0.1, -0.05) is 6.07 Å². The van der Waals surface area contributed by atoms with Gasteiger partial charge in [0, 0.05) is 17.5 Å². The Morgan fingerprint density at radius 2 is 1.89 bits per heavy atom. The molecule has 0 atom stereocenters. The molecular formula is C14H13F2N3. The zero-order chi connectivity index (χ0) is 13.6. The molecule has 0 radical (unpaired) electrons. The van der Waals surface area contributed by atoms with Gasteiger partial charge in [0.1, 0.15) is 11.6 Å². The zero-order valence-electron chi connectivity index (χ0n) is 10.5. The monoisotopic (exact) mass is 261 g/mol. The number of hydrogen-bond donors (Lipinski definition) is 1. The molecule has 1 aliphatic carbocycles. The summed E-state index contributed by atoms with van der Waals surface area (Å²) in [5.74, 6) is -0.522. The fraction of sp³-hybridized carbons (Fsp3) is 0.286. The zero-order valence-corrected chi connectivity index (χ0v) is 10.5. The average molecular weight is 261 g/mol. The molecule has 1 aromatic carbocycles. The Hall–Kier alpha value is -2.04. The van der Waals surface area contributed by atoms with E-state index in [1.54, 1.807) is 0 Å². The van der Waals surface area contributed by atoms with Crippen molar-refractivity contribution in [3.8, 4) is 11.3 Å². The predicted octanol–water partition coefficient (Wildman–Crippen LogP) is 3.19. The molecule has 0 aliphatic heterocycles. The molecule has 0 bridgehead atoms. The quantitative estimate of drug-likeness (QED) is 0.903. The maximum atomic E-state index is 14.0. The van der Waals surface area contributed by atoms with Crippen LogP contribution in [0, 0.1) is 18.6 Å². The number of hydrogen-bond acceptors (Lipinski definition) is 3. The molecule has 5 heteroatoms. The number of nitrogens with two attached hydrogens (primary N) is 1. The highest BCUT2D eigenvalue weighted by Gasteiger charge is 2.27. The van der Waals surface area contributed by atoms with Crippen LogP contribution >= 0.6 is 0 Å². The summed E-state index contributed by atoms with van der Waals surface area (Å²) in [6, 6.07) is 4.52. The predicted molar refractivity (Wildman–Crippen MR) is 68.5 cm³/mol. The van der Waals surface area contributed by atoms with Crippen LogP contribution in [0.15, 0.2) is 18.2 Å². The first kappa shape index (κ1) is 12.0. The van der Waals surface area contributed by atoms with Crippen LogP contribution in [0.25, 0.3) is 11.3 Å². The minimum Gasteiger partial charge on any atom is -0.384 e. The summed E-state index contributed by atoms with van der Waals surface area (Å²) in [4.78, 5) is 8.44. The van der Waals surface area contributed by atoms with E-state index in [1.807, 2.05) is 0 Å². The Morgan fingerprint density at radius 1 is 1.16 bits per heavy atom. The lowest BCUT2D eigenvalue weighted by molar-refractivity contribution is 0.505. The van der Waals surface area contributed by atoms with E-state index in [0.717, 1.165) is 12.8 Å². The molecule has 19 heavy (non-hydrogen) atoms. The van der Waals surface area contributed by atoms with Crippen LogP contribution in [0.3, 0.4) is 0 Å². The maximum Gasteiger partial charge on any atom is 0.168 e. The number of benzene rings is 1. The van der Waals surface area contributed by atoms with Gasteiger partial charge in [0.25, 0.3) is 0 Å². The number of nitrogens with zero attached hydrogens (tertiary/aromatic N) is 2. The molecular weight excluding hydrogens is 248 g/mol. The lowest BCUT2D eigenvalue weighted by Crippen LogP contribution is -2.02. The van der Waals surface area contributed by atoms with E-state index in [9.17, 15) is 8.78 Å². The van der Waals surface area contributed by atoms with Crippen LogP contribution in [0.5, 0.6) is 0 Å². The lowest BCUT2D eigenvalue weighted by Gasteiger charge is -2.08. The highest BCUT2D eigenvalue weighted by molar-refractivity contribution is 5.63. The van der Waals surface area contributed by atoms with Crippen molar-refractivity contribution in [2.24, 2.45) is 0 Å². The topological polar surface area (TPSA) is 51.8 Å². The first-order chi connectivity index (χ1) is 9.06. The standard InChI is InChI=1S/C14H13F2N3/c1-7-2-5-9(13(16)12(7)15)10-6-11(17)19-14(18-10)8-3-4-8/h2,5-6,8H,3-4H2,1H3,(H2,17,18,19). The Bertz CT molecular complexity index is 651. The van der Waals surface area contributed by atoms with Crippen molar-refractivity contribution < 1.29 is 8.78 Å². The molecule has 1 heterocycles. The highest BCUT2D eigenvalue weighted by atomic mass is 19.2. The third kappa shape index (κ3) is 2.16. The molecule has 98 valence electrons. The van der Waals surface area contributed by atoms with Gasteiger partial charge in [-0.05, 0) is 31.4 Å². The van der Waals surface area contributed by atoms with E-state index in [1.165, 1.54) is 25.1 Å². The molecule has 0 spiro atoms. The molecule has 1 saturated carbocycles. The van der Waals surface area contributed by atoms with Crippen LogP contribution in [0.2, 0.25) is 0 Å². The molecule has 0 unspecified atom stereocenters. The summed E-state index contributed by atoms with van der Waals surface area (Å²) >= 11 is 0. The normalized spacial score (nSPS) is 14.7. The molecule has 3 nitrogen and oxygen atoms in total. The van der Waals surface area contributed by atoms with E-state index in [0.29, 0.717) is 17.4 Å². The average Bonchev–Trinajstić information content (AvgIpc) is 3.19. The Morgan fingerprint density at radius 3 is 2.58 bits per heavy atom. The first-order valence-electron chi connectivity index (χ1n) is 6.15. The molecule has 2 N–H and O–H groups in total. The molecule has 0 amide bonds. The Labute approximate surface area is 109 Å². The van der Waals surface area contributed by atoms with Gasteiger partial charge in [-0.25, -0.2) is 18.7 Å². The van der Waals surface area contributed by atoms with Crippen molar-refractivity contribution in [2.45, 2.75) is 25.7 Å². The molecule has 3 rings (SSSR count). The van der Waals surface area contributed by atoms with Crippen molar-refractivity contribution >= 4 is 5.82 Å². The summed E-state index contributed by atoms with van der Waals surface area (Å²) in [5.41, 5.74) is 6.45. The molecule has 1 aliphatic rings. The minimum absolute atomic E-state index is 0.124. The number of aryl methyl sites for hydroxylation is 1. The van der Waals surface area contributed by atoms with Crippen LogP contribution in [-0.4, -0.2) is 9.97 Å². The van der Waals surface area contributed by atoms with Crippen LogP contribution in [0.1, 0.15) is 30.1 Å². The van der Waals surface area contributed by atoms with Crippen LogP contribution in [-0.2, 0) is 0 Å². The van der Waals surface area contributed by atoms with Gasteiger partial charge in [-0.15, -0.1) is 0 Å². The van der Waals surface area contributed by atoms with Gasteiger partial charge in [0.05, 0.1) is 5.69 Å². The van der Waals surface area contributed by atoms with Gasteiger partial charge in [0.15, 0.2) is 11.6 Å². The fourth-order valence-corrected chi connectivity index (χ4v) is 1.99. The van der Waals surface area contributed by atoms with Gasteiger partial charge in [0.2, 0.25) is 0 Å². The van der Waals surface area contributed by atoms with E-state index in [2.05, 4.69) is 9.97 Å². The van der Waals surface area contributed by atoms with Crippen molar-refractivity contribution in [2.75, 3.05) is 5.73 Å². The van der Waals surface area contributed by atoms with Crippen LogP contribution < -0.4 is 5.73 Å². The smallest absolute Gasteiger partial charge is 0.168 e. The minimum atomic E-state index is -0.889. The van der Waals surface area contributed by atoms with E-state index in [-0.39, 0.29) is 16.9 Å². The second-order valence-electron chi connectivity index (χ2n) is 4.87. The SMILES string of the molecule is Cc1ccc(-c2cc(N)nc(C3CC3)n2)c(F)c1F. The largest absolute Gasteiger partial charge is 0.384 e. The summed E-state index contributed by atoms with van der Waals surface area (Å²) in [5, 5.41) is 0. The molecule has 0 saturated heterocycles. The van der Waals surface area contributed by atoms with Gasteiger partial charge >= 0.3 is 0 Å². The summed E-state index contributed by atoms with van der Waals surface area (Å²) in [6.07, 6.45) is 2.04. The second-order valence-corrected chi connectivity index (χ2v) is 4.87. The lowest BCUT2D eigenvalue weighted by atomic mass is 10.1. The summed E-state index contributed by atoms with van der Waals surface area (Å²) < 4.78 is 27.6. The van der Waals surface area contributed by atoms with E-state index < -0.39 is 11.6 Å². The number of aromatic nitrogens is 2. The van der Waals surface area contributed by atoms with Crippen molar-refractivity contribution in [1.29, 1.82) is 0 Å². The third-order valence-corrected chi connectivity index (χ3v) is 3.26. The van der Waals surface area contributed by atoms with Gasteiger partial charge in [-0.3, -0.25) is 0 Å².